The van der Waals surface area contributed by atoms with E-state index in [1.54, 1.807) is 17.5 Å². The minimum absolute atomic E-state index is 0.0496. The molecular formula is C12H13BrN2S. The van der Waals surface area contributed by atoms with Gasteiger partial charge >= 0.3 is 0 Å². The summed E-state index contributed by atoms with van der Waals surface area (Å²) >= 11 is 5.19. The number of nitrogens with two attached hydrogens (primary N) is 1. The predicted molar refractivity (Wildman–Crippen MR) is 71.6 cm³/mol. The van der Waals surface area contributed by atoms with Crippen LogP contribution >= 0.6 is 27.3 Å². The number of nitrogens with zero attached hydrogens (tertiary/aromatic N) is 1. The molecule has 2 heterocycles. The molecule has 0 aliphatic rings. The van der Waals surface area contributed by atoms with Crippen molar-refractivity contribution in [1.82, 2.24) is 4.98 Å². The van der Waals surface area contributed by atoms with E-state index in [-0.39, 0.29) is 6.04 Å². The topological polar surface area (TPSA) is 38.9 Å². The largest absolute Gasteiger partial charge is 0.324 e. The summed E-state index contributed by atoms with van der Waals surface area (Å²) in [5.74, 6) is 0. The van der Waals surface area contributed by atoms with Gasteiger partial charge in [0.05, 0.1) is 0 Å². The molecule has 0 spiro atoms. The Morgan fingerprint density at radius 2 is 2.38 bits per heavy atom. The molecule has 1 unspecified atom stereocenters. The van der Waals surface area contributed by atoms with E-state index in [9.17, 15) is 0 Å². The number of thiophene rings is 1. The smallest absolute Gasteiger partial charge is 0.0347 e. The fourth-order valence-corrected chi connectivity index (χ4v) is 3.20. The molecule has 2 nitrogen and oxygen atoms in total. The molecule has 2 aromatic heterocycles. The summed E-state index contributed by atoms with van der Waals surface area (Å²) in [5.41, 5.74) is 8.54. The molecule has 0 aliphatic heterocycles. The zero-order valence-corrected chi connectivity index (χ0v) is 11.4. The van der Waals surface area contributed by atoms with Crippen molar-refractivity contribution in [3.63, 3.8) is 0 Å². The molecular weight excluding hydrogens is 284 g/mol. The second kappa shape index (κ2) is 5.08. The minimum Gasteiger partial charge on any atom is -0.324 e. The molecule has 0 saturated carbocycles. The van der Waals surface area contributed by atoms with Crippen LogP contribution < -0.4 is 5.73 Å². The Balaban J connectivity index is 2.14. The first-order chi connectivity index (χ1) is 7.66. The standard InChI is InChI=1S/C12H13BrN2S/c1-8-6-15-3-2-11(8)12(14)5-10-4-9(13)7-16-10/h2-4,6-7,12H,5,14H2,1H3. The number of pyridine rings is 1. The lowest BCUT2D eigenvalue weighted by Crippen LogP contribution is -2.14. The highest BCUT2D eigenvalue weighted by atomic mass is 79.9. The van der Waals surface area contributed by atoms with Crippen LogP contribution in [0.3, 0.4) is 0 Å². The number of rotatable bonds is 3. The number of aromatic nitrogens is 1. The monoisotopic (exact) mass is 296 g/mol. The molecule has 2 rings (SSSR count). The zero-order chi connectivity index (χ0) is 11.5. The lowest BCUT2D eigenvalue weighted by molar-refractivity contribution is 0.722. The third-order valence-electron chi connectivity index (χ3n) is 2.51. The summed E-state index contributed by atoms with van der Waals surface area (Å²) in [6, 6.07) is 4.18. The molecule has 0 amide bonds. The third kappa shape index (κ3) is 2.70. The minimum atomic E-state index is 0.0496. The van der Waals surface area contributed by atoms with Gasteiger partial charge in [-0.25, -0.2) is 0 Å². The van der Waals surface area contributed by atoms with Crippen molar-refractivity contribution >= 4 is 27.3 Å². The van der Waals surface area contributed by atoms with Crippen LogP contribution in [0.5, 0.6) is 0 Å². The van der Waals surface area contributed by atoms with E-state index in [0.717, 1.165) is 16.5 Å². The van der Waals surface area contributed by atoms with E-state index in [0.29, 0.717) is 0 Å². The molecule has 0 bridgehead atoms. The van der Waals surface area contributed by atoms with Gasteiger partial charge < -0.3 is 5.73 Å². The van der Waals surface area contributed by atoms with Crippen molar-refractivity contribution in [2.24, 2.45) is 5.73 Å². The Labute approximate surface area is 108 Å². The molecule has 84 valence electrons. The van der Waals surface area contributed by atoms with E-state index in [1.807, 2.05) is 19.2 Å². The van der Waals surface area contributed by atoms with Crippen molar-refractivity contribution in [3.8, 4) is 0 Å². The van der Waals surface area contributed by atoms with Crippen LogP contribution in [-0.4, -0.2) is 4.98 Å². The maximum Gasteiger partial charge on any atom is 0.0347 e. The van der Waals surface area contributed by atoms with Gasteiger partial charge in [0.2, 0.25) is 0 Å². The van der Waals surface area contributed by atoms with E-state index in [4.69, 9.17) is 5.73 Å². The van der Waals surface area contributed by atoms with Crippen LogP contribution in [0.4, 0.5) is 0 Å². The molecule has 0 fully saturated rings. The molecule has 1 atom stereocenters. The van der Waals surface area contributed by atoms with Gasteiger partial charge in [-0.3, -0.25) is 4.98 Å². The van der Waals surface area contributed by atoms with E-state index < -0.39 is 0 Å². The summed E-state index contributed by atoms with van der Waals surface area (Å²) in [5, 5.41) is 2.08. The number of halogens is 1. The van der Waals surface area contributed by atoms with Crippen LogP contribution in [0, 0.1) is 6.92 Å². The molecule has 0 radical (unpaired) electrons. The van der Waals surface area contributed by atoms with Crippen LogP contribution in [0.25, 0.3) is 0 Å². The first-order valence-electron chi connectivity index (χ1n) is 5.06. The highest BCUT2D eigenvalue weighted by molar-refractivity contribution is 9.10. The Bertz CT molecular complexity index is 481. The van der Waals surface area contributed by atoms with Gasteiger partial charge in [-0.15, -0.1) is 11.3 Å². The second-order valence-corrected chi connectivity index (χ2v) is 5.69. The molecule has 2 aromatic rings. The van der Waals surface area contributed by atoms with E-state index >= 15 is 0 Å². The van der Waals surface area contributed by atoms with Crippen LogP contribution in [0.1, 0.15) is 22.0 Å². The number of hydrogen-bond acceptors (Lipinski definition) is 3. The molecule has 2 N–H and O–H groups in total. The number of aryl methyl sites for hydroxylation is 1. The normalized spacial score (nSPS) is 12.7. The molecule has 0 aliphatic carbocycles. The Morgan fingerprint density at radius 1 is 1.56 bits per heavy atom. The molecule has 0 saturated heterocycles. The predicted octanol–water partition coefficient (Wildman–Crippen LogP) is 3.46. The molecule has 4 heteroatoms. The van der Waals surface area contributed by atoms with Gasteiger partial charge in [0, 0.05) is 39.6 Å². The molecule has 0 aromatic carbocycles. The maximum atomic E-state index is 6.20. The summed E-state index contributed by atoms with van der Waals surface area (Å²) < 4.78 is 1.13. The van der Waals surface area contributed by atoms with Gasteiger partial charge in [0.25, 0.3) is 0 Å². The molecule has 16 heavy (non-hydrogen) atoms. The van der Waals surface area contributed by atoms with Crippen molar-refractivity contribution in [2.75, 3.05) is 0 Å². The quantitative estimate of drug-likeness (QED) is 0.942. The summed E-state index contributed by atoms with van der Waals surface area (Å²) in [7, 11) is 0. The van der Waals surface area contributed by atoms with E-state index in [1.165, 1.54) is 10.4 Å². The Hall–Kier alpha value is -0.710. The average Bonchev–Trinajstić information content (AvgIpc) is 2.64. The van der Waals surface area contributed by atoms with Crippen molar-refractivity contribution in [1.29, 1.82) is 0 Å². The van der Waals surface area contributed by atoms with E-state index in [2.05, 4.69) is 32.4 Å². The van der Waals surface area contributed by atoms with Gasteiger partial charge in [-0.05, 0) is 46.1 Å². The van der Waals surface area contributed by atoms with Gasteiger partial charge in [-0.2, -0.15) is 0 Å². The summed E-state index contributed by atoms with van der Waals surface area (Å²) in [4.78, 5) is 5.38. The van der Waals surface area contributed by atoms with Crippen LogP contribution in [0.15, 0.2) is 34.4 Å². The van der Waals surface area contributed by atoms with Crippen molar-refractivity contribution < 1.29 is 0 Å². The maximum absolute atomic E-state index is 6.20. The first kappa shape index (κ1) is 11.8. The fraction of sp³-hybridized carbons (Fsp3) is 0.250. The summed E-state index contributed by atoms with van der Waals surface area (Å²) in [6.07, 6.45) is 4.53. The van der Waals surface area contributed by atoms with Gasteiger partial charge in [0.15, 0.2) is 0 Å². The Kier molecular flexibility index (Phi) is 3.74. The third-order valence-corrected chi connectivity index (χ3v) is 4.23. The van der Waals surface area contributed by atoms with Crippen molar-refractivity contribution in [2.45, 2.75) is 19.4 Å². The number of hydrogen-bond donors (Lipinski definition) is 1. The zero-order valence-electron chi connectivity index (χ0n) is 8.98. The van der Waals surface area contributed by atoms with Crippen LogP contribution in [-0.2, 0) is 6.42 Å². The van der Waals surface area contributed by atoms with Gasteiger partial charge in [-0.1, -0.05) is 0 Å². The SMILES string of the molecule is Cc1cnccc1C(N)Cc1cc(Br)cs1. The highest BCUT2D eigenvalue weighted by Gasteiger charge is 2.10. The second-order valence-electron chi connectivity index (χ2n) is 3.77. The lowest BCUT2D eigenvalue weighted by Gasteiger charge is -2.12. The highest BCUT2D eigenvalue weighted by Crippen LogP contribution is 2.25. The van der Waals surface area contributed by atoms with Crippen molar-refractivity contribution in [3.05, 3.63) is 50.4 Å². The average molecular weight is 297 g/mol. The Morgan fingerprint density at radius 3 is 3.00 bits per heavy atom. The van der Waals surface area contributed by atoms with Crippen LogP contribution in [0.2, 0.25) is 0 Å². The van der Waals surface area contributed by atoms with Gasteiger partial charge in [0.1, 0.15) is 0 Å². The fourth-order valence-electron chi connectivity index (χ4n) is 1.69. The lowest BCUT2D eigenvalue weighted by atomic mass is 10.0. The summed E-state index contributed by atoms with van der Waals surface area (Å²) in [6.45, 7) is 2.05. The first-order valence-corrected chi connectivity index (χ1v) is 6.73.